The molecule has 0 saturated carbocycles. The molecule has 0 atom stereocenters. The largest absolute Gasteiger partial charge is 0.325 e. The quantitative estimate of drug-likeness (QED) is 0.860. The zero-order chi connectivity index (χ0) is 17.8. The van der Waals surface area contributed by atoms with E-state index in [0.717, 1.165) is 0 Å². The van der Waals surface area contributed by atoms with E-state index in [1.807, 2.05) is 6.07 Å². The number of hydrogen-bond acceptors (Lipinski definition) is 3. The van der Waals surface area contributed by atoms with Crippen LogP contribution in [0.2, 0.25) is 0 Å². The van der Waals surface area contributed by atoms with Crippen molar-refractivity contribution in [2.75, 3.05) is 29.9 Å². The lowest BCUT2D eigenvalue weighted by Gasteiger charge is -2.33. The Hall–Kier alpha value is -3.22. The molecule has 0 spiro atoms. The summed E-state index contributed by atoms with van der Waals surface area (Å²) in [6.45, 7) is 0.347. The molecule has 0 aliphatic carbocycles. The van der Waals surface area contributed by atoms with Crippen molar-refractivity contribution in [3.8, 4) is 0 Å². The van der Waals surface area contributed by atoms with Crippen LogP contribution in [0.5, 0.6) is 0 Å². The van der Waals surface area contributed by atoms with E-state index in [1.54, 1.807) is 24.3 Å². The predicted molar refractivity (Wildman–Crippen MR) is 90.4 cm³/mol. The molecular weight excluding hydrogens is 325 g/mol. The summed E-state index contributed by atoms with van der Waals surface area (Å²) in [4.78, 5) is 39.2. The molecule has 1 saturated heterocycles. The highest BCUT2D eigenvalue weighted by molar-refractivity contribution is 6.41. The number of para-hydroxylation sites is 1. The number of benzene rings is 2. The highest BCUT2D eigenvalue weighted by atomic mass is 19.1. The highest BCUT2D eigenvalue weighted by Crippen LogP contribution is 2.17. The summed E-state index contributed by atoms with van der Waals surface area (Å²) in [5.74, 6) is -2.23. The van der Waals surface area contributed by atoms with E-state index >= 15 is 0 Å². The van der Waals surface area contributed by atoms with Gasteiger partial charge in [-0.05, 0) is 36.4 Å². The molecule has 1 fully saturated rings. The van der Waals surface area contributed by atoms with Crippen LogP contribution in [0.4, 0.5) is 15.8 Å². The minimum absolute atomic E-state index is 0.232. The minimum Gasteiger partial charge on any atom is -0.325 e. The van der Waals surface area contributed by atoms with Crippen LogP contribution in [0.25, 0.3) is 0 Å². The molecule has 1 aliphatic heterocycles. The Kier molecular flexibility index (Phi) is 4.74. The van der Waals surface area contributed by atoms with Gasteiger partial charge < -0.3 is 15.1 Å². The van der Waals surface area contributed by atoms with Crippen LogP contribution in [0.15, 0.2) is 54.6 Å². The number of carbonyl (C=O) groups is 3. The number of carbonyl (C=O) groups excluding carboxylic acids is 3. The summed E-state index contributed by atoms with van der Waals surface area (Å²) in [6.07, 6.45) is 0. The van der Waals surface area contributed by atoms with Gasteiger partial charge in [0.05, 0.1) is 0 Å². The monoisotopic (exact) mass is 341 g/mol. The zero-order valence-electron chi connectivity index (χ0n) is 13.3. The van der Waals surface area contributed by atoms with Gasteiger partial charge in [0.1, 0.15) is 12.4 Å². The van der Waals surface area contributed by atoms with Crippen LogP contribution in [-0.2, 0) is 14.4 Å². The summed E-state index contributed by atoms with van der Waals surface area (Å²) < 4.78 is 12.9. The van der Waals surface area contributed by atoms with Crippen molar-refractivity contribution in [2.45, 2.75) is 0 Å². The molecular formula is C18H16FN3O3. The van der Waals surface area contributed by atoms with Crippen LogP contribution in [0.3, 0.4) is 0 Å². The van der Waals surface area contributed by atoms with Crippen LogP contribution in [0.1, 0.15) is 0 Å². The Morgan fingerprint density at radius 1 is 0.960 bits per heavy atom. The average molecular weight is 341 g/mol. The first-order valence-electron chi connectivity index (χ1n) is 7.76. The molecule has 2 aromatic rings. The summed E-state index contributed by atoms with van der Waals surface area (Å²) in [6, 6.07) is 14.2. The van der Waals surface area contributed by atoms with Crippen LogP contribution >= 0.6 is 0 Å². The highest BCUT2D eigenvalue weighted by Gasteiger charge is 2.34. The van der Waals surface area contributed by atoms with Gasteiger partial charge in [-0.25, -0.2) is 4.39 Å². The van der Waals surface area contributed by atoms with Crippen molar-refractivity contribution in [3.05, 3.63) is 60.4 Å². The fourth-order valence-electron chi connectivity index (χ4n) is 2.59. The van der Waals surface area contributed by atoms with Gasteiger partial charge in [0, 0.05) is 24.5 Å². The van der Waals surface area contributed by atoms with Gasteiger partial charge in [0.25, 0.3) is 0 Å². The van der Waals surface area contributed by atoms with Gasteiger partial charge in [0.15, 0.2) is 0 Å². The van der Waals surface area contributed by atoms with E-state index in [9.17, 15) is 18.8 Å². The Morgan fingerprint density at radius 2 is 1.64 bits per heavy atom. The van der Waals surface area contributed by atoms with E-state index < -0.39 is 23.5 Å². The minimum atomic E-state index is -0.718. The molecule has 0 aromatic heterocycles. The molecule has 25 heavy (non-hydrogen) atoms. The van der Waals surface area contributed by atoms with Crippen molar-refractivity contribution in [2.24, 2.45) is 0 Å². The summed E-state index contributed by atoms with van der Waals surface area (Å²) in [7, 11) is 0. The molecule has 3 amide bonds. The number of halogens is 1. The Bertz CT molecular complexity index is 793. The first kappa shape index (κ1) is 16.6. The zero-order valence-corrected chi connectivity index (χ0v) is 13.3. The second kappa shape index (κ2) is 7.12. The normalized spacial score (nSPS) is 14.6. The van der Waals surface area contributed by atoms with Crippen LogP contribution in [0, 0.1) is 5.82 Å². The maximum atomic E-state index is 12.9. The average Bonchev–Trinajstić information content (AvgIpc) is 2.62. The van der Waals surface area contributed by atoms with Gasteiger partial charge in [-0.3, -0.25) is 14.4 Å². The maximum absolute atomic E-state index is 12.9. The molecule has 1 N–H and O–H groups in total. The molecule has 7 heteroatoms. The van der Waals surface area contributed by atoms with Crippen molar-refractivity contribution in [1.29, 1.82) is 0 Å². The van der Waals surface area contributed by atoms with E-state index in [2.05, 4.69) is 5.32 Å². The van der Waals surface area contributed by atoms with Crippen molar-refractivity contribution < 1.29 is 18.8 Å². The number of rotatable bonds is 4. The van der Waals surface area contributed by atoms with Crippen molar-refractivity contribution in [3.63, 3.8) is 0 Å². The van der Waals surface area contributed by atoms with Gasteiger partial charge in [-0.2, -0.15) is 0 Å². The van der Waals surface area contributed by atoms with E-state index in [-0.39, 0.29) is 13.1 Å². The lowest BCUT2D eigenvalue weighted by atomic mass is 10.2. The predicted octanol–water partition coefficient (Wildman–Crippen LogP) is 1.64. The van der Waals surface area contributed by atoms with E-state index in [4.69, 9.17) is 0 Å². The van der Waals surface area contributed by atoms with E-state index in [0.29, 0.717) is 17.9 Å². The topological polar surface area (TPSA) is 69.7 Å². The summed E-state index contributed by atoms with van der Waals surface area (Å²) in [5.41, 5.74) is 1.07. The number of amides is 3. The third-order valence-electron chi connectivity index (χ3n) is 3.84. The molecule has 0 bridgehead atoms. The van der Waals surface area contributed by atoms with Crippen LogP contribution in [-0.4, -0.2) is 42.3 Å². The third kappa shape index (κ3) is 3.82. The SMILES string of the molecule is O=C(CN1CCN(c2ccccc2)C(=O)C1=O)Nc1ccc(F)cc1. The maximum Gasteiger partial charge on any atom is 0.316 e. The fraction of sp³-hybridized carbons (Fsp3) is 0.167. The standard InChI is InChI=1S/C18H16FN3O3/c19-13-6-8-14(9-7-13)20-16(23)12-21-10-11-22(18(25)17(21)24)15-4-2-1-3-5-15/h1-9H,10-12H2,(H,20,23). The number of anilines is 2. The molecule has 6 nitrogen and oxygen atoms in total. The summed E-state index contributed by atoms with van der Waals surface area (Å²) >= 11 is 0. The lowest BCUT2D eigenvalue weighted by molar-refractivity contribution is -0.147. The summed E-state index contributed by atoms with van der Waals surface area (Å²) in [5, 5.41) is 2.57. The van der Waals surface area contributed by atoms with E-state index in [1.165, 1.54) is 34.1 Å². The molecule has 3 rings (SSSR count). The number of hydrogen-bond donors (Lipinski definition) is 1. The molecule has 2 aromatic carbocycles. The van der Waals surface area contributed by atoms with Crippen molar-refractivity contribution in [1.82, 2.24) is 4.90 Å². The number of nitrogens with zero attached hydrogens (tertiary/aromatic N) is 2. The Balaban J connectivity index is 1.61. The number of piperazine rings is 1. The second-order valence-corrected chi connectivity index (χ2v) is 5.57. The van der Waals surface area contributed by atoms with Gasteiger partial charge in [-0.15, -0.1) is 0 Å². The first-order valence-corrected chi connectivity index (χ1v) is 7.76. The van der Waals surface area contributed by atoms with Crippen LogP contribution < -0.4 is 10.2 Å². The first-order chi connectivity index (χ1) is 12.0. The molecule has 128 valence electrons. The lowest BCUT2D eigenvalue weighted by Crippen LogP contribution is -2.56. The van der Waals surface area contributed by atoms with Crippen molar-refractivity contribution >= 4 is 29.1 Å². The second-order valence-electron chi connectivity index (χ2n) is 5.57. The smallest absolute Gasteiger partial charge is 0.316 e. The Labute approximate surface area is 143 Å². The molecule has 1 heterocycles. The third-order valence-corrected chi connectivity index (χ3v) is 3.84. The molecule has 0 unspecified atom stereocenters. The van der Waals surface area contributed by atoms with Gasteiger partial charge >= 0.3 is 11.8 Å². The Morgan fingerprint density at radius 3 is 2.32 bits per heavy atom. The van der Waals surface area contributed by atoms with Gasteiger partial charge in [0.2, 0.25) is 5.91 Å². The number of nitrogens with one attached hydrogen (secondary N) is 1. The molecule has 0 radical (unpaired) electrons. The van der Waals surface area contributed by atoms with Gasteiger partial charge in [-0.1, -0.05) is 18.2 Å². The fourth-order valence-corrected chi connectivity index (χ4v) is 2.59. The molecule has 1 aliphatic rings.